The second-order valence-corrected chi connectivity index (χ2v) is 3.01. The smallest absolute Gasteiger partial charge is 0.0581 e. The lowest BCUT2D eigenvalue weighted by atomic mass is 10.1. The SMILES string of the molecule is CCC(C)CNC(C)CO. The van der Waals surface area contributed by atoms with Crippen LogP contribution in [-0.2, 0) is 0 Å². The van der Waals surface area contributed by atoms with Gasteiger partial charge in [0.1, 0.15) is 0 Å². The van der Waals surface area contributed by atoms with Crippen LogP contribution in [-0.4, -0.2) is 24.3 Å². The Morgan fingerprint density at radius 2 is 2.00 bits per heavy atom. The molecule has 0 aliphatic heterocycles. The van der Waals surface area contributed by atoms with Crippen molar-refractivity contribution in [2.75, 3.05) is 13.2 Å². The molecule has 0 spiro atoms. The van der Waals surface area contributed by atoms with Gasteiger partial charge in [0.2, 0.25) is 0 Å². The maximum atomic E-state index is 8.66. The fraction of sp³-hybridized carbons (Fsp3) is 1.00. The van der Waals surface area contributed by atoms with Gasteiger partial charge in [-0.3, -0.25) is 0 Å². The van der Waals surface area contributed by atoms with E-state index < -0.39 is 0 Å². The molecule has 0 saturated carbocycles. The third-order valence-electron chi connectivity index (χ3n) is 1.79. The number of nitrogens with one attached hydrogen (secondary N) is 1. The van der Waals surface area contributed by atoms with E-state index in [9.17, 15) is 0 Å². The summed E-state index contributed by atoms with van der Waals surface area (Å²) in [5.74, 6) is 0.717. The molecule has 0 aromatic rings. The minimum absolute atomic E-state index is 0.233. The average Bonchev–Trinajstić information content (AvgIpc) is 1.99. The summed E-state index contributed by atoms with van der Waals surface area (Å²) in [6.07, 6.45) is 1.20. The molecule has 0 aromatic heterocycles. The molecule has 0 aliphatic carbocycles. The predicted molar refractivity (Wildman–Crippen MR) is 44.0 cm³/mol. The van der Waals surface area contributed by atoms with Gasteiger partial charge >= 0.3 is 0 Å². The van der Waals surface area contributed by atoms with Gasteiger partial charge in [-0.1, -0.05) is 20.3 Å². The van der Waals surface area contributed by atoms with E-state index in [2.05, 4.69) is 19.2 Å². The number of aliphatic hydroxyl groups is 1. The first-order chi connectivity index (χ1) is 4.70. The standard InChI is InChI=1S/C8H19NO/c1-4-7(2)5-9-8(3)6-10/h7-10H,4-6H2,1-3H3. The fourth-order valence-electron chi connectivity index (χ4n) is 0.611. The molecule has 2 unspecified atom stereocenters. The monoisotopic (exact) mass is 145 g/mol. The summed E-state index contributed by atoms with van der Waals surface area (Å²) in [6, 6.07) is 0.244. The van der Waals surface area contributed by atoms with Gasteiger partial charge in [0.15, 0.2) is 0 Å². The summed E-state index contributed by atoms with van der Waals surface area (Å²) in [6.45, 7) is 7.62. The number of hydrogen-bond acceptors (Lipinski definition) is 2. The fourth-order valence-corrected chi connectivity index (χ4v) is 0.611. The Bertz CT molecular complexity index is 65.7. The summed E-state index contributed by atoms with van der Waals surface area (Å²) in [5, 5.41) is 11.9. The van der Waals surface area contributed by atoms with E-state index in [4.69, 9.17) is 5.11 Å². The van der Waals surface area contributed by atoms with Gasteiger partial charge in [-0.05, 0) is 19.4 Å². The van der Waals surface area contributed by atoms with E-state index in [1.165, 1.54) is 6.42 Å². The van der Waals surface area contributed by atoms with Crippen LogP contribution in [0.3, 0.4) is 0 Å². The molecule has 0 radical (unpaired) electrons. The van der Waals surface area contributed by atoms with E-state index in [-0.39, 0.29) is 12.6 Å². The zero-order valence-corrected chi connectivity index (χ0v) is 7.22. The van der Waals surface area contributed by atoms with E-state index >= 15 is 0 Å². The molecule has 2 heteroatoms. The Morgan fingerprint density at radius 1 is 1.40 bits per heavy atom. The lowest BCUT2D eigenvalue weighted by Gasteiger charge is -2.13. The molecule has 10 heavy (non-hydrogen) atoms. The van der Waals surface area contributed by atoms with Gasteiger partial charge in [0, 0.05) is 6.04 Å². The highest BCUT2D eigenvalue weighted by Gasteiger charge is 2.01. The molecule has 2 nitrogen and oxygen atoms in total. The quantitative estimate of drug-likeness (QED) is 0.605. The maximum absolute atomic E-state index is 8.66. The third-order valence-corrected chi connectivity index (χ3v) is 1.79. The van der Waals surface area contributed by atoms with Crippen molar-refractivity contribution in [2.24, 2.45) is 5.92 Å². The third kappa shape index (κ3) is 4.77. The van der Waals surface area contributed by atoms with Crippen molar-refractivity contribution in [3.8, 4) is 0 Å². The highest BCUT2D eigenvalue weighted by atomic mass is 16.3. The molecular weight excluding hydrogens is 126 g/mol. The first-order valence-corrected chi connectivity index (χ1v) is 4.05. The zero-order chi connectivity index (χ0) is 7.98. The minimum Gasteiger partial charge on any atom is -0.395 e. The van der Waals surface area contributed by atoms with Gasteiger partial charge in [-0.15, -0.1) is 0 Å². The summed E-state index contributed by atoms with van der Waals surface area (Å²) >= 11 is 0. The lowest BCUT2D eigenvalue weighted by molar-refractivity contribution is 0.247. The molecule has 0 saturated heterocycles. The first kappa shape index (κ1) is 9.92. The van der Waals surface area contributed by atoms with Gasteiger partial charge in [0.05, 0.1) is 6.61 Å². The van der Waals surface area contributed by atoms with Crippen LogP contribution in [0.2, 0.25) is 0 Å². The Labute approximate surface area is 63.6 Å². The molecule has 0 aliphatic rings. The Balaban J connectivity index is 3.17. The highest BCUT2D eigenvalue weighted by Crippen LogP contribution is 1.97. The van der Waals surface area contributed by atoms with Crippen molar-refractivity contribution in [3.05, 3.63) is 0 Å². The van der Waals surface area contributed by atoms with E-state index in [0.717, 1.165) is 6.54 Å². The molecule has 0 heterocycles. The largest absolute Gasteiger partial charge is 0.395 e. The van der Waals surface area contributed by atoms with E-state index in [1.54, 1.807) is 0 Å². The molecule has 0 rings (SSSR count). The molecule has 0 bridgehead atoms. The van der Waals surface area contributed by atoms with Gasteiger partial charge in [0.25, 0.3) is 0 Å². The van der Waals surface area contributed by atoms with Crippen LogP contribution < -0.4 is 5.32 Å². The molecule has 62 valence electrons. The highest BCUT2D eigenvalue weighted by molar-refractivity contribution is 4.60. The van der Waals surface area contributed by atoms with Crippen LogP contribution in [0.25, 0.3) is 0 Å². The maximum Gasteiger partial charge on any atom is 0.0581 e. The Morgan fingerprint density at radius 3 is 2.40 bits per heavy atom. The van der Waals surface area contributed by atoms with Crippen molar-refractivity contribution in [3.63, 3.8) is 0 Å². The summed E-state index contributed by atoms with van der Waals surface area (Å²) in [7, 11) is 0. The average molecular weight is 145 g/mol. The lowest BCUT2D eigenvalue weighted by Crippen LogP contribution is -2.32. The predicted octanol–water partition coefficient (Wildman–Crippen LogP) is 1.00. The van der Waals surface area contributed by atoms with Crippen LogP contribution in [0.5, 0.6) is 0 Å². The number of rotatable bonds is 5. The van der Waals surface area contributed by atoms with Crippen molar-refractivity contribution < 1.29 is 5.11 Å². The Kier molecular flexibility index (Phi) is 5.64. The normalized spacial score (nSPS) is 16.8. The van der Waals surface area contributed by atoms with Crippen LogP contribution >= 0.6 is 0 Å². The van der Waals surface area contributed by atoms with E-state index in [0.29, 0.717) is 5.92 Å². The number of hydrogen-bond donors (Lipinski definition) is 2. The molecule has 2 N–H and O–H groups in total. The van der Waals surface area contributed by atoms with Gasteiger partial charge < -0.3 is 10.4 Å². The van der Waals surface area contributed by atoms with Crippen LogP contribution in [0.15, 0.2) is 0 Å². The topological polar surface area (TPSA) is 32.3 Å². The molecule has 2 atom stereocenters. The van der Waals surface area contributed by atoms with Crippen LogP contribution in [0, 0.1) is 5.92 Å². The first-order valence-electron chi connectivity index (χ1n) is 4.05. The molecule has 0 amide bonds. The van der Waals surface area contributed by atoms with Gasteiger partial charge in [-0.25, -0.2) is 0 Å². The zero-order valence-electron chi connectivity index (χ0n) is 7.22. The molecular formula is C8H19NO. The van der Waals surface area contributed by atoms with Crippen molar-refractivity contribution >= 4 is 0 Å². The second kappa shape index (κ2) is 5.69. The molecule has 0 fully saturated rings. The summed E-state index contributed by atoms with van der Waals surface area (Å²) in [4.78, 5) is 0. The van der Waals surface area contributed by atoms with Crippen LogP contribution in [0.4, 0.5) is 0 Å². The minimum atomic E-state index is 0.233. The summed E-state index contributed by atoms with van der Waals surface area (Å²) < 4.78 is 0. The van der Waals surface area contributed by atoms with E-state index in [1.807, 2.05) is 6.92 Å². The van der Waals surface area contributed by atoms with Crippen molar-refractivity contribution in [1.82, 2.24) is 5.32 Å². The Hall–Kier alpha value is -0.0800. The number of aliphatic hydroxyl groups excluding tert-OH is 1. The van der Waals surface area contributed by atoms with Gasteiger partial charge in [-0.2, -0.15) is 0 Å². The summed E-state index contributed by atoms with van der Waals surface area (Å²) in [5.41, 5.74) is 0. The van der Waals surface area contributed by atoms with Crippen LogP contribution in [0.1, 0.15) is 27.2 Å². The molecule has 0 aromatic carbocycles. The van der Waals surface area contributed by atoms with Crippen molar-refractivity contribution in [1.29, 1.82) is 0 Å². The van der Waals surface area contributed by atoms with Crippen molar-refractivity contribution in [2.45, 2.75) is 33.2 Å². The second-order valence-electron chi connectivity index (χ2n) is 3.01.